The summed E-state index contributed by atoms with van der Waals surface area (Å²) >= 11 is 0. The van der Waals surface area contributed by atoms with Crippen molar-refractivity contribution in [2.75, 3.05) is 31.9 Å². The Balaban J connectivity index is 2.47. The second kappa shape index (κ2) is 15.4. The summed E-state index contributed by atoms with van der Waals surface area (Å²) in [5.41, 5.74) is 5.29. The number of ether oxygens (including phenoxy) is 2. The summed E-state index contributed by atoms with van der Waals surface area (Å²) in [4.78, 5) is 21.7. The molecule has 9 nitrogen and oxygen atoms in total. The predicted molar refractivity (Wildman–Crippen MR) is 161 cm³/mol. The van der Waals surface area contributed by atoms with Gasteiger partial charge in [-0.1, -0.05) is 19.4 Å². The average molecular weight is 537 g/mol. The maximum atomic E-state index is 12.4. The number of nitrogens with one attached hydrogen (secondary N) is 4. The Kier molecular flexibility index (Phi) is 12.3. The Morgan fingerprint density at radius 3 is 2.44 bits per heavy atom. The first-order valence-electron chi connectivity index (χ1n) is 13.3. The number of hydrogen-bond acceptors (Lipinski definition) is 8. The Morgan fingerprint density at radius 2 is 1.85 bits per heavy atom. The summed E-state index contributed by atoms with van der Waals surface area (Å²) < 4.78 is 10.9. The van der Waals surface area contributed by atoms with Gasteiger partial charge in [-0.3, -0.25) is 4.79 Å². The number of aromatic nitrogens is 1. The summed E-state index contributed by atoms with van der Waals surface area (Å²) in [7, 11) is 4.90. The molecule has 0 aliphatic rings. The predicted octanol–water partition coefficient (Wildman–Crippen LogP) is 5.88. The molecule has 1 aromatic carbocycles. The largest absolute Gasteiger partial charge is 0.497 e. The van der Waals surface area contributed by atoms with Crippen LogP contribution in [0.4, 0.5) is 11.5 Å². The molecule has 0 unspecified atom stereocenters. The molecule has 0 atom stereocenters. The van der Waals surface area contributed by atoms with Crippen LogP contribution in [0.25, 0.3) is 0 Å². The van der Waals surface area contributed by atoms with Crippen molar-refractivity contribution in [3.8, 4) is 11.5 Å². The number of pyridine rings is 1. The maximum Gasteiger partial charge on any atom is 0.254 e. The monoisotopic (exact) mass is 536 g/mol. The van der Waals surface area contributed by atoms with Crippen molar-refractivity contribution in [2.24, 2.45) is 4.99 Å². The van der Waals surface area contributed by atoms with E-state index < -0.39 is 0 Å². The second-order valence-electron chi connectivity index (χ2n) is 9.43. The van der Waals surface area contributed by atoms with Crippen molar-refractivity contribution in [3.63, 3.8) is 0 Å². The van der Waals surface area contributed by atoms with E-state index in [2.05, 4.69) is 47.0 Å². The van der Waals surface area contributed by atoms with Gasteiger partial charge in [0.2, 0.25) is 0 Å². The summed E-state index contributed by atoms with van der Waals surface area (Å²) in [5, 5.41) is 12.9. The molecule has 1 heterocycles. The van der Waals surface area contributed by atoms with Crippen LogP contribution >= 0.6 is 0 Å². The van der Waals surface area contributed by atoms with Crippen LogP contribution in [0.15, 0.2) is 58.6 Å². The number of carbonyl (C=O) groups is 1. The van der Waals surface area contributed by atoms with Gasteiger partial charge < -0.3 is 30.7 Å². The van der Waals surface area contributed by atoms with Crippen molar-refractivity contribution < 1.29 is 14.3 Å². The molecule has 0 bridgehead atoms. The lowest BCUT2D eigenvalue weighted by atomic mass is 10.1. The number of anilines is 2. The Labute approximate surface area is 233 Å². The van der Waals surface area contributed by atoms with Crippen LogP contribution < -0.4 is 30.7 Å². The molecule has 1 amide bonds. The normalized spacial score (nSPS) is 12.6. The van der Waals surface area contributed by atoms with Crippen LogP contribution in [0, 0.1) is 0 Å². The number of benzene rings is 1. The zero-order valence-electron chi connectivity index (χ0n) is 24.8. The van der Waals surface area contributed by atoms with Gasteiger partial charge in [-0.15, -0.1) is 0 Å². The number of hydrogen-bond donors (Lipinski definition) is 4. The number of amides is 1. The van der Waals surface area contributed by atoms with Gasteiger partial charge in [0.05, 0.1) is 25.5 Å². The van der Waals surface area contributed by atoms with Gasteiger partial charge in [-0.05, 0) is 52.7 Å². The third kappa shape index (κ3) is 9.35. The van der Waals surface area contributed by atoms with Gasteiger partial charge in [0.1, 0.15) is 23.1 Å². The molecule has 2 rings (SSSR count). The van der Waals surface area contributed by atoms with Crippen LogP contribution in [-0.4, -0.2) is 43.9 Å². The minimum absolute atomic E-state index is 0.139. The van der Waals surface area contributed by atoms with Crippen LogP contribution in [0.1, 0.15) is 70.3 Å². The van der Waals surface area contributed by atoms with E-state index in [0.717, 1.165) is 41.3 Å². The highest BCUT2D eigenvalue weighted by atomic mass is 16.5. The number of nitrogens with zero attached hydrogens (tertiary/aromatic N) is 2. The summed E-state index contributed by atoms with van der Waals surface area (Å²) in [6.45, 7) is 12.9. The SMILES string of the molecule is CC/C(C)=C(/C=C(\N=C(/C)CC)Nc1cc(NC(C)C)c(C(=O)NC)cn1)NCc1ccc(OC)cc1OC. The first kappa shape index (κ1) is 31.2. The summed E-state index contributed by atoms with van der Waals surface area (Å²) in [5.74, 6) is 2.52. The van der Waals surface area contributed by atoms with Crippen molar-refractivity contribution in [1.82, 2.24) is 15.6 Å². The number of allylic oxidation sites excluding steroid dienone is 2. The van der Waals surface area contributed by atoms with Gasteiger partial charge in [-0.2, -0.15) is 0 Å². The summed E-state index contributed by atoms with van der Waals surface area (Å²) in [6, 6.07) is 7.76. The fraction of sp³-hybridized carbons (Fsp3) is 0.433. The van der Waals surface area contributed by atoms with E-state index in [0.29, 0.717) is 29.4 Å². The van der Waals surface area contributed by atoms with Crippen molar-refractivity contribution in [1.29, 1.82) is 0 Å². The van der Waals surface area contributed by atoms with E-state index >= 15 is 0 Å². The maximum absolute atomic E-state index is 12.4. The molecule has 0 saturated carbocycles. The first-order chi connectivity index (χ1) is 18.6. The van der Waals surface area contributed by atoms with E-state index in [-0.39, 0.29) is 11.9 Å². The van der Waals surface area contributed by atoms with Crippen molar-refractivity contribution in [2.45, 2.75) is 67.0 Å². The number of rotatable bonds is 14. The topological polar surface area (TPSA) is 109 Å². The Hall–Kier alpha value is -4.01. The molecule has 0 radical (unpaired) electrons. The molecule has 1 aromatic heterocycles. The summed E-state index contributed by atoms with van der Waals surface area (Å²) in [6.07, 6.45) is 5.24. The van der Waals surface area contributed by atoms with Gasteiger partial charge in [0.25, 0.3) is 5.91 Å². The number of methoxy groups -OCH3 is 2. The minimum Gasteiger partial charge on any atom is -0.497 e. The number of aliphatic imine (C=N–C) groups is 1. The average Bonchev–Trinajstić information content (AvgIpc) is 2.93. The first-order valence-corrected chi connectivity index (χ1v) is 13.3. The lowest BCUT2D eigenvalue weighted by molar-refractivity contribution is 0.0963. The lowest BCUT2D eigenvalue weighted by Gasteiger charge is -2.17. The zero-order valence-corrected chi connectivity index (χ0v) is 24.8. The molecule has 0 spiro atoms. The number of carbonyl (C=O) groups excluding carboxylic acids is 1. The smallest absolute Gasteiger partial charge is 0.254 e. The van der Waals surface area contributed by atoms with E-state index in [1.165, 1.54) is 5.57 Å². The molecule has 39 heavy (non-hydrogen) atoms. The molecule has 4 N–H and O–H groups in total. The van der Waals surface area contributed by atoms with Crippen LogP contribution in [0.3, 0.4) is 0 Å². The van der Waals surface area contributed by atoms with Gasteiger partial charge >= 0.3 is 0 Å². The second-order valence-corrected chi connectivity index (χ2v) is 9.43. The van der Waals surface area contributed by atoms with E-state index in [1.54, 1.807) is 27.5 Å². The van der Waals surface area contributed by atoms with Crippen molar-refractivity contribution >= 4 is 23.1 Å². The van der Waals surface area contributed by atoms with Crippen molar-refractivity contribution in [3.05, 3.63) is 64.8 Å². The quantitative estimate of drug-likeness (QED) is 0.176. The molecular formula is C30H44N6O3. The third-order valence-electron chi connectivity index (χ3n) is 6.13. The zero-order chi connectivity index (χ0) is 28.9. The van der Waals surface area contributed by atoms with Crippen LogP contribution in [-0.2, 0) is 6.54 Å². The van der Waals surface area contributed by atoms with E-state index in [4.69, 9.17) is 14.5 Å². The highest BCUT2D eigenvalue weighted by molar-refractivity contribution is 5.99. The van der Waals surface area contributed by atoms with Gasteiger partial charge in [0.15, 0.2) is 0 Å². The minimum atomic E-state index is -0.199. The van der Waals surface area contributed by atoms with E-state index in [1.807, 2.05) is 51.1 Å². The van der Waals surface area contributed by atoms with E-state index in [9.17, 15) is 4.79 Å². The van der Waals surface area contributed by atoms with Crippen LogP contribution in [0.2, 0.25) is 0 Å². The fourth-order valence-corrected chi connectivity index (χ4v) is 3.62. The van der Waals surface area contributed by atoms with Gasteiger partial charge in [0, 0.05) is 61.0 Å². The lowest BCUT2D eigenvalue weighted by Crippen LogP contribution is -2.22. The molecule has 0 aliphatic carbocycles. The molecule has 0 fully saturated rings. The molecule has 9 heteroatoms. The fourth-order valence-electron chi connectivity index (χ4n) is 3.62. The highest BCUT2D eigenvalue weighted by Gasteiger charge is 2.14. The van der Waals surface area contributed by atoms with Gasteiger partial charge in [-0.25, -0.2) is 9.98 Å². The molecule has 2 aromatic rings. The standard InChI is InChI=1S/C30H44N6O3/c1-10-20(5)25(32-17-22-12-13-23(38-8)14-27(22)39-9)15-29(35-21(6)11-2)36-28-16-26(34-19(3)4)24(18-33-28)30(37)31-7/h12-16,18-19,32H,10-11,17H2,1-9H3,(H,31,37)(H2,33,34,36)/b25-20-,29-15+,35-21+. The third-order valence-corrected chi connectivity index (χ3v) is 6.13. The van der Waals surface area contributed by atoms with Crippen LogP contribution in [0.5, 0.6) is 11.5 Å². The molecule has 0 aliphatic heterocycles. The molecule has 0 saturated heterocycles. The Bertz CT molecular complexity index is 1220. The molecule has 212 valence electrons. The molecular weight excluding hydrogens is 492 g/mol. The Morgan fingerprint density at radius 1 is 1.10 bits per heavy atom. The highest BCUT2D eigenvalue weighted by Crippen LogP contribution is 2.25.